The van der Waals surface area contributed by atoms with Gasteiger partial charge >= 0.3 is 0 Å². The van der Waals surface area contributed by atoms with Gasteiger partial charge in [0, 0.05) is 12.0 Å². The second-order valence-corrected chi connectivity index (χ2v) is 5.17. The minimum atomic E-state index is 0.0393. The van der Waals surface area contributed by atoms with Gasteiger partial charge in [-0.3, -0.25) is 4.79 Å². The summed E-state index contributed by atoms with van der Waals surface area (Å²) < 4.78 is 5.21. The van der Waals surface area contributed by atoms with Crippen molar-refractivity contribution < 1.29 is 9.53 Å². The standard InChI is InChI=1S/C13H15Cl2NO2/c1-18-12-7-11(15)10(14)6-9(12)13(17)8-2-4-16-5-3-8/h6-8,16H,2-5H2,1H3. The summed E-state index contributed by atoms with van der Waals surface area (Å²) in [6.07, 6.45) is 1.70. The molecule has 18 heavy (non-hydrogen) atoms. The first-order valence-electron chi connectivity index (χ1n) is 5.91. The molecule has 0 unspecified atom stereocenters. The number of benzene rings is 1. The maximum atomic E-state index is 12.4. The largest absolute Gasteiger partial charge is 0.496 e. The average Bonchev–Trinajstić information content (AvgIpc) is 2.41. The van der Waals surface area contributed by atoms with Gasteiger partial charge in [0.15, 0.2) is 5.78 Å². The molecule has 0 atom stereocenters. The number of nitrogens with one attached hydrogen (secondary N) is 1. The maximum Gasteiger partial charge on any atom is 0.169 e. The van der Waals surface area contributed by atoms with Crippen molar-refractivity contribution in [2.24, 2.45) is 5.92 Å². The Hall–Kier alpha value is -0.770. The third-order valence-electron chi connectivity index (χ3n) is 3.22. The van der Waals surface area contributed by atoms with E-state index in [1.165, 1.54) is 7.11 Å². The number of hydrogen-bond acceptors (Lipinski definition) is 3. The summed E-state index contributed by atoms with van der Waals surface area (Å²) in [7, 11) is 1.53. The summed E-state index contributed by atoms with van der Waals surface area (Å²) in [5.74, 6) is 0.622. The number of carbonyl (C=O) groups excluding carboxylic acids is 1. The molecule has 0 bridgehead atoms. The van der Waals surface area contributed by atoms with Crippen LogP contribution in [0.2, 0.25) is 10.0 Å². The van der Waals surface area contributed by atoms with Crippen molar-refractivity contribution in [2.75, 3.05) is 20.2 Å². The number of halogens is 2. The number of methoxy groups -OCH3 is 1. The number of ether oxygens (including phenoxy) is 1. The fourth-order valence-corrected chi connectivity index (χ4v) is 2.51. The molecule has 1 N–H and O–H groups in total. The average molecular weight is 288 g/mol. The molecule has 2 rings (SSSR count). The molecule has 0 aromatic heterocycles. The van der Waals surface area contributed by atoms with Crippen molar-refractivity contribution >= 4 is 29.0 Å². The predicted octanol–water partition coefficient (Wildman–Crippen LogP) is 3.18. The number of carbonyl (C=O) groups is 1. The van der Waals surface area contributed by atoms with Gasteiger partial charge in [-0.25, -0.2) is 0 Å². The Morgan fingerprint density at radius 2 is 1.89 bits per heavy atom. The van der Waals surface area contributed by atoms with Crippen molar-refractivity contribution in [2.45, 2.75) is 12.8 Å². The van der Waals surface area contributed by atoms with Crippen LogP contribution in [0, 0.1) is 5.92 Å². The van der Waals surface area contributed by atoms with E-state index in [2.05, 4.69) is 5.32 Å². The van der Waals surface area contributed by atoms with Gasteiger partial charge in [-0.05, 0) is 32.0 Å². The molecule has 1 heterocycles. The zero-order valence-corrected chi connectivity index (χ0v) is 11.6. The molecule has 0 amide bonds. The molecule has 98 valence electrons. The monoisotopic (exact) mass is 287 g/mol. The Balaban J connectivity index is 2.31. The van der Waals surface area contributed by atoms with Crippen LogP contribution in [0.15, 0.2) is 12.1 Å². The zero-order chi connectivity index (χ0) is 13.1. The molecule has 1 saturated heterocycles. The second-order valence-electron chi connectivity index (χ2n) is 4.36. The van der Waals surface area contributed by atoms with Crippen molar-refractivity contribution in [1.29, 1.82) is 0 Å². The summed E-state index contributed by atoms with van der Waals surface area (Å²) in [6.45, 7) is 1.75. The van der Waals surface area contributed by atoms with Crippen LogP contribution in [0.3, 0.4) is 0 Å². The Kier molecular flexibility index (Phi) is 4.49. The lowest BCUT2D eigenvalue weighted by Gasteiger charge is -2.22. The van der Waals surface area contributed by atoms with E-state index in [4.69, 9.17) is 27.9 Å². The number of rotatable bonds is 3. The number of piperidine rings is 1. The molecule has 1 fully saturated rings. The van der Waals surface area contributed by atoms with E-state index in [9.17, 15) is 4.79 Å². The molecule has 5 heteroatoms. The Morgan fingerprint density at radius 1 is 1.28 bits per heavy atom. The molecule has 1 aromatic rings. The molecule has 0 saturated carbocycles. The smallest absolute Gasteiger partial charge is 0.169 e. The lowest BCUT2D eigenvalue weighted by atomic mass is 9.89. The molecule has 1 aliphatic heterocycles. The van der Waals surface area contributed by atoms with Gasteiger partial charge in [0.25, 0.3) is 0 Å². The number of Topliss-reactive ketones (excluding diaryl/α,β-unsaturated/α-hetero) is 1. The third kappa shape index (κ3) is 2.79. The fourth-order valence-electron chi connectivity index (χ4n) is 2.19. The highest BCUT2D eigenvalue weighted by Crippen LogP contribution is 2.33. The van der Waals surface area contributed by atoms with Crippen molar-refractivity contribution in [3.8, 4) is 5.75 Å². The zero-order valence-electron chi connectivity index (χ0n) is 10.1. The highest BCUT2D eigenvalue weighted by Gasteiger charge is 2.25. The van der Waals surface area contributed by atoms with Gasteiger partial charge in [-0.15, -0.1) is 0 Å². The van der Waals surface area contributed by atoms with Crippen LogP contribution in [0.4, 0.5) is 0 Å². The van der Waals surface area contributed by atoms with Crippen LogP contribution < -0.4 is 10.1 Å². The molecular weight excluding hydrogens is 273 g/mol. The Labute approximate surface area is 116 Å². The minimum Gasteiger partial charge on any atom is -0.496 e. The van der Waals surface area contributed by atoms with Crippen molar-refractivity contribution in [3.63, 3.8) is 0 Å². The Bertz CT molecular complexity index is 457. The first kappa shape index (κ1) is 13.7. The van der Waals surface area contributed by atoms with E-state index in [0.717, 1.165) is 25.9 Å². The molecule has 1 aromatic carbocycles. The summed E-state index contributed by atoms with van der Waals surface area (Å²) >= 11 is 11.9. The lowest BCUT2D eigenvalue weighted by molar-refractivity contribution is 0.0892. The third-order valence-corrected chi connectivity index (χ3v) is 3.94. The quantitative estimate of drug-likeness (QED) is 0.868. The first-order valence-corrected chi connectivity index (χ1v) is 6.67. The van der Waals surface area contributed by atoms with Gasteiger partial charge in [0.05, 0.1) is 22.7 Å². The van der Waals surface area contributed by atoms with Crippen molar-refractivity contribution in [3.05, 3.63) is 27.7 Å². The predicted molar refractivity (Wildman–Crippen MR) is 72.9 cm³/mol. The van der Waals surface area contributed by atoms with E-state index in [0.29, 0.717) is 21.4 Å². The van der Waals surface area contributed by atoms with Crippen LogP contribution in [0.5, 0.6) is 5.75 Å². The van der Waals surface area contributed by atoms with Crippen LogP contribution in [-0.2, 0) is 0 Å². The van der Waals surface area contributed by atoms with E-state index < -0.39 is 0 Å². The van der Waals surface area contributed by atoms with E-state index in [1.54, 1.807) is 12.1 Å². The topological polar surface area (TPSA) is 38.3 Å². The van der Waals surface area contributed by atoms with Gasteiger partial charge in [-0.1, -0.05) is 23.2 Å². The molecule has 0 spiro atoms. The summed E-state index contributed by atoms with van der Waals surface area (Å²) in [5.41, 5.74) is 0.527. The second kappa shape index (κ2) is 5.91. The summed E-state index contributed by atoms with van der Waals surface area (Å²) in [5, 5.41) is 4.02. The summed E-state index contributed by atoms with van der Waals surface area (Å²) in [6, 6.07) is 3.20. The van der Waals surface area contributed by atoms with E-state index >= 15 is 0 Å². The number of ketones is 1. The molecule has 0 aliphatic carbocycles. The van der Waals surface area contributed by atoms with E-state index in [-0.39, 0.29) is 11.7 Å². The minimum absolute atomic E-state index is 0.0393. The normalized spacial score (nSPS) is 16.6. The SMILES string of the molecule is COc1cc(Cl)c(Cl)cc1C(=O)C1CCNCC1. The van der Waals surface area contributed by atoms with Gasteiger partial charge in [-0.2, -0.15) is 0 Å². The molecule has 0 radical (unpaired) electrons. The van der Waals surface area contributed by atoms with Gasteiger partial charge in [0.1, 0.15) is 5.75 Å². The first-order chi connectivity index (χ1) is 8.63. The highest BCUT2D eigenvalue weighted by atomic mass is 35.5. The molecule has 3 nitrogen and oxygen atoms in total. The van der Waals surface area contributed by atoms with Crippen molar-refractivity contribution in [1.82, 2.24) is 5.32 Å². The van der Waals surface area contributed by atoms with Crippen LogP contribution in [0.1, 0.15) is 23.2 Å². The summed E-state index contributed by atoms with van der Waals surface area (Å²) in [4.78, 5) is 12.4. The fraction of sp³-hybridized carbons (Fsp3) is 0.462. The van der Waals surface area contributed by atoms with Crippen LogP contribution in [0.25, 0.3) is 0 Å². The highest BCUT2D eigenvalue weighted by molar-refractivity contribution is 6.42. The van der Waals surface area contributed by atoms with Gasteiger partial charge < -0.3 is 10.1 Å². The lowest BCUT2D eigenvalue weighted by Crippen LogP contribution is -2.32. The van der Waals surface area contributed by atoms with Crippen LogP contribution in [-0.4, -0.2) is 26.0 Å². The maximum absolute atomic E-state index is 12.4. The molecule has 1 aliphatic rings. The number of hydrogen-bond donors (Lipinski definition) is 1. The van der Waals surface area contributed by atoms with E-state index in [1.807, 2.05) is 0 Å². The van der Waals surface area contributed by atoms with Crippen LogP contribution >= 0.6 is 23.2 Å². The molecular formula is C13H15Cl2NO2. The Morgan fingerprint density at radius 3 is 2.50 bits per heavy atom. The van der Waals surface area contributed by atoms with Gasteiger partial charge in [0.2, 0.25) is 0 Å².